The Bertz CT molecular complexity index is 76.4. The third-order valence-corrected chi connectivity index (χ3v) is 1.35. The normalized spacial score (nSPS) is 14.0. The van der Waals surface area contributed by atoms with E-state index in [1.165, 1.54) is 0 Å². The van der Waals surface area contributed by atoms with Gasteiger partial charge in [0.05, 0.1) is 0 Å². The van der Waals surface area contributed by atoms with Crippen molar-refractivity contribution in [3.05, 3.63) is 23.6 Å². The van der Waals surface area contributed by atoms with Crippen LogP contribution in [-0.4, -0.2) is 40.5 Å². The molecule has 0 N–H and O–H groups in total. The summed E-state index contributed by atoms with van der Waals surface area (Å²) in [5.41, 5.74) is 0. The molecule has 0 aromatic carbocycles. The van der Waals surface area contributed by atoms with Crippen molar-refractivity contribution >= 4 is 46.5 Å². The molecular formula is C5H6Al2S. The Hall–Kier alpha value is 0.895. The maximum atomic E-state index is 2.14. The van der Waals surface area contributed by atoms with Gasteiger partial charge in [-0.05, 0) is 5.41 Å². The molecule has 8 heavy (non-hydrogen) atoms. The van der Waals surface area contributed by atoms with Crippen LogP contribution in [0.5, 0.6) is 0 Å². The number of thioether (sulfide) groups is 1. The second-order valence-corrected chi connectivity index (χ2v) is 2.03. The van der Waals surface area contributed by atoms with Crippen LogP contribution in [0.2, 0.25) is 0 Å². The molecule has 0 fully saturated rings. The van der Waals surface area contributed by atoms with Crippen LogP contribution in [0.15, 0.2) is 23.6 Å². The Kier molecular flexibility index (Phi) is 11.5. The molecule has 38 valence electrons. The van der Waals surface area contributed by atoms with Gasteiger partial charge in [0, 0.05) is 40.5 Å². The van der Waals surface area contributed by atoms with Crippen LogP contribution >= 0.6 is 11.8 Å². The number of rotatable bonds is 0. The lowest BCUT2D eigenvalue weighted by molar-refractivity contribution is 1.74. The Morgan fingerprint density at radius 1 is 1.12 bits per heavy atom. The van der Waals surface area contributed by atoms with Crippen LogP contribution in [-0.2, 0) is 0 Å². The third-order valence-electron chi connectivity index (χ3n) is 0.614. The van der Waals surface area contributed by atoms with Gasteiger partial charge in [-0.2, -0.15) is 0 Å². The molecule has 1 aliphatic heterocycles. The highest BCUT2D eigenvalue weighted by Gasteiger charge is 1.77. The van der Waals surface area contributed by atoms with Gasteiger partial charge in [-0.25, -0.2) is 0 Å². The van der Waals surface area contributed by atoms with Gasteiger partial charge < -0.3 is 0 Å². The molecule has 0 spiro atoms. The average molecular weight is 152 g/mol. The van der Waals surface area contributed by atoms with Crippen LogP contribution in [0, 0.1) is 0 Å². The first-order valence-electron chi connectivity index (χ1n) is 1.93. The molecule has 6 radical (unpaired) electrons. The van der Waals surface area contributed by atoms with Crippen molar-refractivity contribution in [1.29, 1.82) is 0 Å². The largest absolute Gasteiger partial charge is 0.130 e. The molecule has 1 aliphatic rings. The van der Waals surface area contributed by atoms with Gasteiger partial charge >= 0.3 is 0 Å². The quantitative estimate of drug-likeness (QED) is 0.467. The van der Waals surface area contributed by atoms with E-state index < -0.39 is 0 Å². The fourth-order valence-corrected chi connectivity index (χ4v) is 0.881. The van der Waals surface area contributed by atoms with Gasteiger partial charge in [-0.3, -0.25) is 0 Å². The highest BCUT2D eigenvalue weighted by molar-refractivity contribution is 8.02. The Morgan fingerprint density at radius 2 is 1.88 bits per heavy atom. The van der Waals surface area contributed by atoms with Gasteiger partial charge in [0.15, 0.2) is 0 Å². The first kappa shape index (κ1) is 11.7. The predicted octanol–water partition coefficient (Wildman–Crippen LogP) is 1.04. The first-order chi connectivity index (χ1) is 3.00. The molecule has 0 saturated heterocycles. The van der Waals surface area contributed by atoms with Crippen LogP contribution in [0.25, 0.3) is 0 Å². The van der Waals surface area contributed by atoms with E-state index in [-0.39, 0.29) is 34.7 Å². The standard InChI is InChI=1S/C5H6S.2Al/c1-2-4-6-5-3-1;;/h1-4H,5H2;;. The summed E-state index contributed by atoms with van der Waals surface area (Å²) < 4.78 is 0. The molecule has 0 unspecified atom stereocenters. The fraction of sp³-hybridized carbons (Fsp3) is 0.200. The van der Waals surface area contributed by atoms with Crippen molar-refractivity contribution in [2.24, 2.45) is 0 Å². The monoisotopic (exact) mass is 152 g/mol. The van der Waals surface area contributed by atoms with Crippen molar-refractivity contribution in [1.82, 2.24) is 0 Å². The Morgan fingerprint density at radius 3 is 2.00 bits per heavy atom. The highest BCUT2D eigenvalue weighted by atomic mass is 32.2. The third kappa shape index (κ3) is 5.04. The molecule has 0 nitrogen and oxygen atoms in total. The van der Waals surface area contributed by atoms with Crippen LogP contribution in [0.4, 0.5) is 0 Å². The fourth-order valence-electron chi connectivity index (χ4n) is 0.346. The van der Waals surface area contributed by atoms with Crippen molar-refractivity contribution < 1.29 is 0 Å². The van der Waals surface area contributed by atoms with E-state index in [1.54, 1.807) is 0 Å². The maximum absolute atomic E-state index is 2.14. The molecule has 0 saturated carbocycles. The van der Waals surface area contributed by atoms with E-state index in [9.17, 15) is 0 Å². The topological polar surface area (TPSA) is 0 Å². The van der Waals surface area contributed by atoms with Crippen molar-refractivity contribution in [3.63, 3.8) is 0 Å². The predicted molar refractivity (Wildman–Crippen MR) is 42.2 cm³/mol. The summed E-state index contributed by atoms with van der Waals surface area (Å²) in [7, 11) is 0. The summed E-state index contributed by atoms with van der Waals surface area (Å²) >= 11 is 1.83. The summed E-state index contributed by atoms with van der Waals surface area (Å²) in [5.74, 6) is 1.15. The van der Waals surface area contributed by atoms with Gasteiger partial charge in [-0.15, -0.1) is 11.8 Å². The van der Waals surface area contributed by atoms with E-state index in [1.807, 2.05) is 17.8 Å². The Labute approximate surface area is 75.7 Å². The first-order valence-corrected chi connectivity index (χ1v) is 2.98. The van der Waals surface area contributed by atoms with E-state index in [4.69, 9.17) is 0 Å². The van der Waals surface area contributed by atoms with Crippen molar-refractivity contribution in [3.8, 4) is 0 Å². The zero-order valence-electron chi connectivity index (χ0n) is 4.58. The van der Waals surface area contributed by atoms with E-state index >= 15 is 0 Å². The summed E-state index contributed by atoms with van der Waals surface area (Å²) in [6.07, 6.45) is 6.26. The second kappa shape index (κ2) is 7.89. The van der Waals surface area contributed by atoms with Crippen molar-refractivity contribution in [2.45, 2.75) is 0 Å². The molecule has 0 aromatic heterocycles. The number of hydrogen-bond donors (Lipinski definition) is 0. The highest BCUT2D eigenvalue weighted by Crippen LogP contribution is 2.05. The molecule has 0 atom stereocenters. The van der Waals surface area contributed by atoms with E-state index in [0.717, 1.165) is 5.75 Å². The van der Waals surface area contributed by atoms with Gasteiger partial charge in [0.2, 0.25) is 0 Å². The average Bonchev–Trinajstić information content (AvgIpc) is 1.72. The van der Waals surface area contributed by atoms with Gasteiger partial charge in [-0.1, -0.05) is 18.2 Å². The SMILES string of the molecule is C1=CCSC=C1.[Al].[Al]. The zero-order valence-corrected chi connectivity index (χ0v) is 7.71. The molecule has 0 bridgehead atoms. The summed E-state index contributed by atoms with van der Waals surface area (Å²) in [4.78, 5) is 0. The van der Waals surface area contributed by atoms with E-state index in [0.29, 0.717) is 0 Å². The lowest BCUT2D eigenvalue weighted by Crippen LogP contribution is -1.67. The summed E-state index contributed by atoms with van der Waals surface area (Å²) in [5, 5.41) is 2.10. The van der Waals surface area contributed by atoms with Gasteiger partial charge in [0.1, 0.15) is 0 Å². The van der Waals surface area contributed by atoms with E-state index in [2.05, 4.69) is 17.6 Å². The molecule has 1 rings (SSSR count). The number of hydrogen-bond acceptors (Lipinski definition) is 1. The van der Waals surface area contributed by atoms with Gasteiger partial charge in [0.25, 0.3) is 0 Å². The maximum Gasteiger partial charge on any atom is 0.0157 e. The van der Waals surface area contributed by atoms with Crippen LogP contribution in [0.1, 0.15) is 0 Å². The molecule has 1 heterocycles. The van der Waals surface area contributed by atoms with Crippen LogP contribution < -0.4 is 0 Å². The minimum atomic E-state index is 0. The Balaban J connectivity index is 0. The number of allylic oxidation sites excluding steroid dienone is 2. The zero-order chi connectivity index (χ0) is 4.24. The molecule has 0 aromatic rings. The minimum Gasteiger partial charge on any atom is -0.130 e. The second-order valence-electron chi connectivity index (χ2n) is 1.09. The molecular weight excluding hydrogens is 146 g/mol. The summed E-state index contributed by atoms with van der Waals surface area (Å²) in [6, 6.07) is 0. The van der Waals surface area contributed by atoms with Crippen molar-refractivity contribution in [2.75, 3.05) is 5.75 Å². The molecule has 0 aliphatic carbocycles. The molecule has 0 amide bonds. The minimum absolute atomic E-state index is 0. The molecule has 3 heteroatoms. The van der Waals surface area contributed by atoms with Crippen LogP contribution in [0.3, 0.4) is 0 Å². The lowest BCUT2D eigenvalue weighted by atomic mass is 10.5. The smallest absolute Gasteiger partial charge is 0.0157 e. The summed E-state index contributed by atoms with van der Waals surface area (Å²) in [6.45, 7) is 0. The lowest BCUT2D eigenvalue weighted by Gasteiger charge is -1.88.